The van der Waals surface area contributed by atoms with Gasteiger partial charge in [0.15, 0.2) is 5.78 Å². The van der Waals surface area contributed by atoms with E-state index in [9.17, 15) is 19.2 Å². The van der Waals surface area contributed by atoms with E-state index in [2.05, 4.69) is 4.98 Å². The van der Waals surface area contributed by atoms with E-state index in [0.717, 1.165) is 22.2 Å². The van der Waals surface area contributed by atoms with Gasteiger partial charge in [-0.2, -0.15) is 0 Å². The summed E-state index contributed by atoms with van der Waals surface area (Å²) in [5.74, 6) is 0.346. The van der Waals surface area contributed by atoms with Gasteiger partial charge in [0, 0.05) is 38.4 Å². The standard InChI is InChI=1S/C22H21NO6S/c1-22(2)15-7-11(29-10-18(26)17(25)9-24)3-5-13(15)20(27)19-14-6-4-12(30-28)8-16(14)23-21(19)22/h3-8,17-18,24-26H,9-10H2,1-2H3/p+1/t17-,18-/m1/s1. The number of fused-ring (bicyclic) bond motifs is 4. The lowest BCUT2D eigenvalue weighted by Crippen LogP contribution is -2.34. The van der Waals surface area contributed by atoms with Crippen molar-refractivity contribution in [3.63, 3.8) is 0 Å². The molecule has 3 aromatic rings. The van der Waals surface area contributed by atoms with Gasteiger partial charge in [-0.25, -0.2) is 0 Å². The fourth-order valence-electron chi connectivity index (χ4n) is 3.94. The lowest BCUT2D eigenvalue weighted by Gasteiger charge is -2.32. The van der Waals surface area contributed by atoms with E-state index in [0.29, 0.717) is 33.4 Å². The number of H-pyrrole nitrogens is 1. The maximum Gasteiger partial charge on any atom is 0.505 e. The summed E-state index contributed by atoms with van der Waals surface area (Å²) in [5, 5.41) is 29.0. The second kappa shape index (κ2) is 7.55. The van der Waals surface area contributed by atoms with Gasteiger partial charge in [-0.1, -0.05) is 13.8 Å². The Hall–Kier alpha value is -2.65. The Kier molecular flexibility index (Phi) is 5.19. The van der Waals surface area contributed by atoms with Crippen LogP contribution < -0.4 is 4.74 Å². The summed E-state index contributed by atoms with van der Waals surface area (Å²) < 4.78 is 16.8. The Morgan fingerprint density at radius 3 is 2.60 bits per heavy atom. The number of aromatic amines is 1. The molecule has 7 nitrogen and oxygen atoms in total. The highest BCUT2D eigenvalue weighted by Crippen LogP contribution is 2.44. The molecular weight excluding hydrogens is 406 g/mol. The van der Waals surface area contributed by atoms with Crippen molar-refractivity contribution in [2.45, 2.75) is 36.4 Å². The van der Waals surface area contributed by atoms with E-state index in [1.54, 1.807) is 36.4 Å². The van der Waals surface area contributed by atoms with E-state index in [-0.39, 0.29) is 12.4 Å². The highest BCUT2D eigenvalue weighted by molar-refractivity contribution is 7.65. The summed E-state index contributed by atoms with van der Waals surface area (Å²) in [6.07, 6.45) is -2.51. The van der Waals surface area contributed by atoms with Gasteiger partial charge in [-0.15, -0.1) is 0 Å². The second-order valence-electron chi connectivity index (χ2n) is 7.96. The fourth-order valence-corrected chi connectivity index (χ4v) is 4.23. The number of carbonyl (C=O) groups excluding carboxylic acids is 1. The van der Waals surface area contributed by atoms with Crippen LogP contribution in [0.2, 0.25) is 0 Å². The minimum absolute atomic E-state index is 0.101. The molecule has 0 bridgehead atoms. The van der Waals surface area contributed by atoms with Crippen molar-refractivity contribution < 1.29 is 29.1 Å². The molecular formula is C22H22NO6S+. The molecule has 2 atom stereocenters. The molecule has 0 radical (unpaired) electrons. The number of hydrogen-bond donors (Lipinski definition) is 4. The Morgan fingerprint density at radius 1 is 1.13 bits per heavy atom. The molecule has 2 aromatic carbocycles. The molecule has 1 heterocycles. The fraction of sp³-hybridized carbons (Fsp3) is 0.318. The van der Waals surface area contributed by atoms with E-state index in [4.69, 9.17) is 9.84 Å². The zero-order valence-corrected chi connectivity index (χ0v) is 17.3. The Bertz CT molecular complexity index is 1150. The van der Waals surface area contributed by atoms with E-state index < -0.39 is 24.2 Å². The first-order chi connectivity index (χ1) is 14.3. The topological polar surface area (TPSA) is 120 Å². The van der Waals surface area contributed by atoms with Crippen LogP contribution in [0, 0.1) is 0 Å². The SMILES string of the molecule is CC1(C)c2cc(OC[C@@H](O)[C@H](O)CO)ccc2C(=O)c2c1[nH]c1cc([S+]=O)ccc21. The zero-order valence-electron chi connectivity index (χ0n) is 16.5. The molecule has 0 amide bonds. The van der Waals surface area contributed by atoms with Crippen molar-refractivity contribution in [3.8, 4) is 5.75 Å². The number of ether oxygens (including phenoxy) is 1. The molecule has 156 valence electrons. The first-order valence-electron chi connectivity index (χ1n) is 9.53. The monoisotopic (exact) mass is 428 g/mol. The van der Waals surface area contributed by atoms with E-state index in [1.165, 1.54) is 0 Å². The van der Waals surface area contributed by atoms with Crippen LogP contribution in [0.3, 0.4) is 0 Å². The number of rotatable bonds is 6. The number of ketones is 1. The highest BCUT2D eigenvalue weighted by atomic mass is 32.1. The number of aliphatic hydroxyl groups excluding tert-OH is 3. The largest absolute Gasteiger partial charge is 0.505 e. The van der Waals surface area contributed by atoms with Crippen LogP contribution in [0.25, 0.3) is 10.9 Å². The van der Waals surface area contributed by atoms with Gasteiger partial charge < -0.3 is 25.0 Å². The van der Waals surface area contributed by atoms with Crippen LogP contribution in [0.1, 0.15) is 41.0 Å². The quantitative estimate of drug-likeness (QED) is 0.445. The molecule has 0 saturated heterocycles. The van der Waals surface area contributed by atoms with Gasteiger partial charge in [0.25, 0.3) is 4.90 Å². The molecule has 0 spiro atoms. The number of benzene rings is 2. The van der Waals surface area contributed by atoms with Gasteiger partial charge in [0.2, 0.25) is 0 Å². The van der Waals surface area contributed by atoms with E-state index >= 15 is 0 Å². The van der Waals surface area contributed by atoms with Gasteiger partial charge >= 0.3 is 11.7 Å². The molecule has 0 aliphatic heterocycles. The summed E-state index contributed by atoms with van der Waals surface area (Å²) >= 11 is 0.405. The summed E-state index contributed by atoms with van der Waals surface area (Å²) in [5.41, 5.74) is 2.94. The van der Waals surface area contributed by atoms with Crippen LogP contribution in [0.4, 0.5) is 0 Å². The van der Waals surface area contributed by atoms with Gasteiger partial charge in [0.05, 0.1) is 17.7 Å². The van der Waals surface area contributed by atoms with Crippen molar-refractivity contribution in [1.82, 2.24) is 4.98 Å². The molecule has 4 N–H and O–H groups in total. The minimum Gasteiger partial charge on any atom is -0.491 e. The first-order valence-corrected chi connectivity index (χ1v) is 10.3. The van der Waals surface area contributed by atoms with Crippen molar-refractivity contribution in [3.05, 3.63) is 58.8 Å². The maximum absolute atomic E-state index is 13.3. The number of nitrogens with one attached hydrogen (secondary N) is 1. The highest BCUT2D eigenvalue weighted by Gasteiger charge is 2.40. The normalized spacial score (nSPS) is 16.6. The zero-order chi connectivity index (χ0) is 21.6. The second-order valence-corrected chi connectivity index (χ2v) is 8.59. The van der Waals surface area contributed by atoms with Crippen molar-refractivity contribution >= 4 is 28.4 Å². The molecule has 30 heavy (non-hydrogen) atoms. The molecule has 0 fully saturated rings. The first kappa shape index (κ1) is 20.6. The number of hydrogen-bond acceptors (Lipinski definition) is 6. The van der Waals surface area contributed by atoms with Crippen LogP contribution in [0.15, 0.2) is 41.3 Å². The number of aromatic nitrogens is 1. The van der Waals surface area contributed by atoms with Gasteiger partial charge in [-0.05, 0) is 29.8 Å². The van der Waals surface area contributed by atoms with Crippen molar-refractivity contribution in [2.24, 2.45) is 0 Å². The molecule has 0 saturated carbocycles. The van der Waals surface area contributed by atoms with Gasteiger partial charge in [-0.3, -0.25) is 4.79 Å². The van der Waals surface area contributed by atoms with Gasteiger partial charge in [0.1, 0.15) is 24.6 Å². The van der Waals surface area contributed by atoms with Crippen LogP contribution in [0.5, 0.6) is 5.75 Å². The maximum atomic E-state index is 13.3. The molecule has 8 heteroatoms. The summed E-state index contributed by atoms with van der Waals surface area (Å²) in [6, 6.07) is 10.4. The molecule has 1 aromatic heterocycles. The predicted molar refractivity (Wildman–Crippen MR) is 111 cm³/mol. The minimum atomic E-state index is -1.29. The third kappa shape index (κ3) is 3.22. The average Bonchev–Trinajstić information content (AvgIpc) is 3.15. The summed E-state index contributed by atoms with van der Waals surface area (Å²) in [6.45, 7) is 3.25. The van der Waals surface area contributed by atoms with Crippen LogP contribution >= 0.6 is 0 Å². The Morgan fingerprint density at radius 2 is 1.90 bits per heavy atom. The molecule has 4 rings (SSSR count). The molecule has 1 aliphatic rings. The Labute approximate surface area is 176 Å². The molecule has 0 unspecified atom stereocenters. The third-order valence-corrected chi connectivity index (χ3v) is 6.13. The lowest BCUT2D eigenvalue weighted by molar-refractivity contribution is -0.0339. The summed E-state index contributed by atoms with van der Waals surface area (Å²) in [4.78, 5) is 17.2. The van der Waals surface area contributed by atoms with Crippen molar-refractivity contribution in [2.75, 3.05) is 13.2 Å². The number of carbonyl (C=O) groups is 1. The molecule has 1 aliphatic carbocycles. The smallest absolute Gasteiger partial charge is 0.491 e. The number of aliphatic hydroxyl groups is 3. The third-order valence-electron chi connectivity index (χ3n) is 5.68. The van der Waals surface area contributed by atoms with E-state index in [1.807, 2.05) is 13.8 Å². The Balaban J connectivity index is 1.75. The van der Waals surface area contributed by atoms with Crippen LogP contribution in [-0.4, -0.2) is 51.5 Å². The average molecular weight is 428 g/mol. The van der Waals surface area contributed by atoms with Crippen LogP contribution in [-0.2, 0) is 21.3 Å². The lowest BCUT2D eigenvalue weighted by atomic mass is 9.71. The summed E-state index contributed by atoms with van der Waals surface area (Å²) in [7, 11) is 0. The van der Waals surface area contributed by atoms with Crippen molar-refractivity contribution in [1.29, 1.82) is 0 Å². The predicted octanol–water partition coefficient (Wildman–Crippen LogP) is 1.92.